The van der Waals surface area contributed by atoms with Crippen LogP contribution in [0.15, 0.2) is 36.7 Å². The number of hydrogen-bond donors (Lipinski definition) is 2. The third-order valence-electron chi connectivity index (χ3n) is 0.635. The van der Waals surface area contributed by atoms with Crippen molar-refractivity contribution in [2.24, 2.45) is 11.5 Å². The summed E-state index contributed by atoms with van der Waals surface area (Å²) < 4.78 is 0. The van der Waals surface area contributed by atoms with Crippen molar-refractivity contribution in [2.45, 2.75) is 0 Å². The molecule has 0 heterocycles. The molecule has 2 nitrogen and oxygen atoms in total. The van der Waals surface area contributed by atoms with E-state index in [0.717, 1.165) is 0 Å². The van der Waals surface area contributed by atoms with Crippen LogP contribution in [0.1, 0.15) is 0 Å². The minimum absolute atomic E-state index is 0.617. The average molecular weight is 110 g/mol. The summed E-state index contributed by atoms with van der Waals surface area (Å²) in [6.07, 6.45) is 6.29. The molecule has 4 N–H and O–H groups in total. The van der Waals surface area contributed by atoms with Crippen LogP contribution >= 0.6 is 0 Å². The van der Waals surface area contributed by atoms with Gasteiger partial charge in [0.25, 0.3) is 0 Å². The van der Waals surface area contributed by atoms with Crippen molar-refractivity contribution in [2.75, 3.05) is 0 Å². The van der Waals surface area contributed by atoms with Crippen LogP contribution in [-0.4, -0.2) is 0 Å². The first kappa shape index (κ1) is 6.82. The molecule has 0 rings (SSSR count). The van der Waals surface area contributed by atoms with Gasteiger partial charge in [-0.15, -0.1) is 0 Å². The summed E-state index contributed by atoms with van der Waals surface area (Å²) in [5.74, 6) is 0. The van der Waals surface area contributed by atoms with E-state index in [4.69, 9.17) is 11.5 Å². The highest BCUT2D eigenvalue weighted by Crippen LogP contribution is 1.82. The van der Waals surface area contributed by atoms with Gasteiger partial charge in [-0.25, -0.2) is 0 Å². The molecule has 44 valence electrons. The van der Waals surface area contributed by atoms with E-state index in [9.17, 15) is 0 Å². The molecule has 0 bridgehead atoms. The molecule has 0 saturated heterocycles. The van der Waals surface area contributed by atoms with Crippen LogP contribution in [0.2, 0.25) is 0 Å². The molecule has 2 heteroatoms. The molecule has 0 spiro atoms. The number of hydrogen-bond acceptors (Lipinski definition) is 2. The van der Waals surface area contributed by atoms with Gasteiger partial charge in [-0.05, 0) is 24.4 Å². The molecule has 0 fully saturated rings. The second-order valence-electron chi connectivity index (χ2n) is 1.26. The van der Waals surface area contributed by atoms with E-state index in [1.54, 1.807) is 18.2 Å². The summed E-state index contributed by atoms with van der Waals surface area (Å²) >= 11 is 0. The van der Waals surface area contributed by atoms with Gasteiger partial charge in [0.1, 0.15) is 0 Å². The molecule has 8 heavy (non-hydrogen) atoms. The lowest BCUT2D eigenvalue weighted by atomic mass is 10.4. The maximum Gasteiger partial charge on any atom is 0.0308 e. The van der Waals surface area contributed by atoms with Crippen LogP contribution in [0.4, 0.5) is 0 Å². The fourth-order valence-electron chi connectivity index (χ4n) is 0.235. The molecular formula is C6H10N2. The Hall–Kier alpha value is -1.18. The predicted octanol–water partition coefficient (Wildman–Crippen LogP) is 0.487. The van der Waals surface area contributed by atoms with E-state index in [-0.39, 0.29) is 0 Å². The highest BCUT2D eigenvalue weighted by Gasteiger charge is 1.70. The first-order valence-corrected chi connectivity index (χ1v) is 2.27. The highest BCUT2D eigenvalue weighted by molar-refractivity contribution is 5.17. The van der Waals surface area contributed by atoms with Crippen molar-refractivity contribution in [3.05, 3.63) is 36.7 Å². The second kappa shape index (κ2) is 3.99. The third-order valence-corrected chi connectivity index (χ3v) is 0.635. The Morgan fingerprint density at radius 2 is 2.12 bits per heavy atom. The van der Waals surface area contributed by atoms with Crippen molar-refractivity contribution in [1.29, 1.82) is 0 Å². The monoisotopic (exact) mass is 110 g/mol. The van der Waals surface area contributed by atoms with Gasteiger partial charge in [0.2, 0.25) is 0 Å². The van der Waals surface area contributed by atoms with Crippen molar-refractivity contribution in [1.82, 2.24) is 0 Å². The quantitative estimate of drug-likeness (QED) is 0.508. The lowest BCUT2D eigenvalue weighted by Gasteiger charge is -1.82. The van der Waals surface area contributed by atoms with E-state index in [1.807, 2.05) is 0 Å². The van der Waals surface area contributed by atoms with Gasteiger partial charge in [-0.3, -0.25) is 0 Å². The molecule has 0 aromatic heterocycles. The summed E-state index contributed by atoms with van der Waals surface area (Å²) in [5.41, 5.74) is 10.9. The van der Waals surface area contributed by atoms with E-state index >= 15 is 0 Å². The summed E-state index contributed by atoms with van der Waals surface area (Å²) in [6.45, 7) is 3.45. The first-order valence-electron chi connectivity index (χ1n) is 2.27. The van der Waals surface area contributed by atoms with Crippen LogP contribution < -0.4 is 11.5 Å². The van der Waals surface area contributed by atoms with E-state index in [1.165, 1.54) is 6.20 Å². The Balaban J connectivity index is 3.74. The van der Waals surface area contributed by atoms with Gasteiger partial charge in [-0.2, -0.15) is 0 Å². The molecule has 0 radical (unpaired) electrons. The van der Waals surface area contributed by atoms with Gasteiger partial charge in [0, 0.05) is 5.70 Å². The van der Waals surface area contributed by atoms with Crippen molar-refractivity contribution in [3.8, 4) is 0 Å². The van der Waals surface area contributed by atoms with Crippen molar-refractivity contribution < 1.29 is 0 Å². The van der Waals surface area contributed by atoms with E-state index in [2.05, 4.69) is 6.58 Å². The minimum atomic E-state index is 0.617. The predicted molar refractivity (Wildman–Crippen MR) is 35.8 cm³/mol. The van der Waals surface area contributed by atoms with Gasteiger partial charge < -0.3 is 11.5 Å². The average Bonchev–Trinajstić information content (AvgIpc) is 1.83. The zero-order chi connectivity index (χ0) is 6.41. The summed E-state index contributed by atoms with van der Waals surface area (Å²) in [7, 11) is 0. The van der Waals surface area contributed by atoms with Gasteiger partial charge >= 0.3 is 0 Å². The number of nitrogens with two attached hydrogens (primary N) is 2. The van der Waals surface area contributed by atoms with Crippen LogP contribution in [0.5, 0.6) is 0 Å². The highest BCUT2D eigenvalue weighted by atomic mass is 14.5. The Kier molecular flexibility index (Phi) is 3.40. The summed E-state index contributed by atoms with van der Waals surface area (Å²) in [6, 6.07) is 0. The minimum Gasteiger partial charge on any atom is -0.405 e. The Morgan fingerprint density at radius 1 is 1.50 bits per heavy atom. The molecule has 0 atom stereocenters. The standard InChI is InChI=1S/C6H10N2/c1-2-6(8)4-3-5-7/h2-5H,1,7-8H2/b5-3-,6-4+. The van der Waals surface area contributed by atoms with Gasteiger partial charge in [-0.1, -0.05) is 6.58 Å². The SMILES string of the molecule is C=C/C(N)=C\C=C/N. The van der Waals surface area contributed by atoms with Crippen LogP contribution in [0.25, 0.3) is 0 Å². The molecule has 0 aliphatic carbocycles. The first-order chi connectivity index (χ1) is 3.81. The zero-order valence-electron chi connectivity index (χ0n) is 4.67. The topological polar surface area (TPSA) is 52.0 Å². The molecule has 0 aliphatic heterocycles. The summed E-state index contributed by atoms with van der Waals surface area (Å²) in [4.78, 5) is 0. The molecular weight excluding hydrogens is 100 g/mol. The maximum absolute atomic E-state index is 5.30. The Bertz CT molecular complexity index is 122. The van der Waals surface area contributed by atoms with E-state index < -0.39 is 0 Å². The van der Waals surface area contributed by atoms with Crippen LogP contribution in [0.3, 0.4) is 0 Å². The fraction of sp³-hybridized carbons (Fsp3) is 0. The molecule has 0 amide bonds. The van der Waals surface area contributed by atoms with Crippen LogP contribution in [-0.2, 0) is 0 Å². The second-order valence-corrected chi connectivity index (χ2v) is 1.26. The normalized spacial score (nSPS) is 12.2. The molecule has 0 saturated carbocycles. The zero-order valence-corrected chi connectivity index (χ0v) is 4.67. The maximum atomic E-state index is 5.30. The van der Waals surface area contributed by atoms with Crippen molar-refractivity contribution in [3.63, 3.8) is 0 Å². The third kappa shape index (κ3) is 3.03. The van der Waals surface area contributed by atoms with Gasteiger partial charge in [0.15, 0.2) is 0 Å². The largest absolute Gasteiger partial charge is 0.405 e. The van der Waals surface area contributed by atoms with Crippen LogP contribution in [0, 0.1) is 0 Å². The fourth-order valence-corrected chi connectivity index (χ4v) is 0.235. The molecule has 0 unspecified atom stereocenters. The summed E-state index contributed by atoms with van der Waals surface area (Å²) in [5, 5.41) is 0. The smallest absolute Gasteiger partial charge is 0.0308 e. The molecule has 0 aromatic carbocycles. The van der Waals surface area contributed by atoms with E-state index in [0.29, 0.717) is 5.70 Å². The molecule has 0 aromatic rings. The molecule has 0 aliphatic rings. The number of rotatable bonds is 2. The lowest BCUT2D eigenvalue weighted by molar-refractivity contribution is 1.43. The Labute approximate surface area is 49.2 Å². The number of allylic oxidation sites excluding steroid dienone is 3. The van der Waals surface area contributed by atoms with Gasteiger partial charge in [0.05, 0.1) is 0 Å². The lowest BCUT2D eigenvalue weighted by Crippen LogP contribution is -1.90. The van der Waals surface area contributed by atoms with Crippen molar-refractivity contribution >= 4 is 0 Å². The Morgan fingerprint density at radius 3 is 2.50 bits per heavy atom.